The largest absolute Gasteiger partial charge is 0.336 e. The van der Waals surface area contributed by atoms with Crippen LogP contribution >= 0.6 is 11.8 Å². The van der Waals surface area contributed by atoms with Crippen LogP contribution in [-0.4, -0.2) is 14.9 Å². The quantitative estimate of drug-likeness (QED) is 0.667. The van der Waals surface area contributed by atoms with E-state index in [4.69, 9.17) is 5.84 Å². The first kappa shape index (κ1) is 12.0. The topological polar surface area (TPSA) is 56.7 Å². The smallest absolute Gasteiger partial charge is 0.210 e. The Labute approximate surface area is 105 Å². The van der Waals surface area contributed by atoms with Crippen molar-refractivity contribution in [2.45, 2.75) is 30.7 Å². The number of rotatable bonds is 4. The Morgan fingerprint density at radius 1 is 1.24 bits per heavy atom. The monoisotopic (exact) mass is 248 g/mol. The Morgan fingerprint density at radius 2 is 1.94 bits per heavy atom. The molecule has 0 aliphatic carbocycles. The summed E-state index contributed by atoms with van der Waals surface area (Å²) in [4.78, 5) is 0. The average molecular weight is 248 g/mol. The highest BCUT2D eigenvalue weighted by atomic mass is 32.2. The van der Waals surface area contributed by atoms with Crippen LogP contribution in [0.5, 0.6) is 0 Å². The van der Waals surface area contributed by atoms with Gasteiger partial charge in [-0.25, -0.2) is 4.68 Å². The molecule has 2 N–H and O–H groups in total. The number of nitrogens with zero attached hydrogens (tertiary/aromatic N) is 3. The van der Waals surface area contributed by atoms with Crippen molar-refractivity contribution < 1.29 is 0 Å². The lowest BCUT2D eigenvalue weighted by molar-refractivity contribution is 0.712. The molecule has 17 heavy (non-hydrogen) atoms. The van der Waals surface area contributed by atoms with E-state index in [-0.39, 0.29) is 0 Å². The second-order valence-electron chi connectivity index (χ2n) is 4.14. The van der Waals surface area contributed by atoms with E-state index in [0.717, 1.165) is 16.7 Å². The lowest BCUT2D eigenvalue weighted by atomic mass is 10.2. The fourth-order valence-electron chi connectivity index (χ4n) is 1.50. The molecule has 0 saturated carbocycles. The van der Waals surface area contributed by atoms with Crippen LogP contribution < -0.4 is 5.84 Å². The number of benzene rings is 1. The Balaban J connectivity index is 2.05. The summed E-state index contributed by atoms with van der Waals surface area (Å²) in [5, 5.41) is 8.96. The molecule has 0 spiro atoms. The summed E-state index contributed by atoms with van der Waals surface area (Å²) in [6.07, 6.45) is 0. The maximum Gasteiger partial charge on any atom is 0.210 e. The Morgan fingerprint density at radius 3 is 2.53 bits per heavy atom. The molecule has 0 atom stereocenters. The maximum atomic E-state index is 5.94. The number of thioether (sulfide) groups is 1. The van der Waals surface area contributed by atoms with Gasteiger partial charge in [0.15, 0.2) is 5.82 Å². The van der Waals surface area contributed by atoms with Gasteiger partial charge in [-0.05, 0) is 5.56 Å². The molecule has 0 aliphatic rings. The fraction of sp³-hybridized carbons (Fsp3) is 0.333. The zero-order valence-corrected chi connectivity index (χ0v) is 10.8. The van der Waals surface area contributed by atoms with E-state index in [1.165, 1.54) is 5.56 Å². The van der Waals surface area contributed by atoms with Gasteiger partial charge >= 0.3 is 0 Å². The highest BCUT2D eigenvalue weighted by Crippen LogP contribution is 2.22. The highest BCUT2D eigenvalue weighted by molar-refractivity contribution is 7.98. The fourth-order valence-corrected chi connectivity index (χ4v) is 2.32. The first-order valence-corrected chi connectivity index (χ1v) is 6.54. The Kier molecular flexibility index (Phi) is 3.68. The van der Waals surface area contributed by atoms with Gasteiger partial charge in [-0.3, -0.25) is 0 Å². The van der Waals surface area contributed by atoms with Gasteiger partial charge in [-0.1, -0.05) is 55.9 Å². The minimum Gasteiger partial charge on any atom is -0.336 e. The third kappa shape index (κ3) is 2.79. The number of nitrogens with two attached hydrogens (primary N) is 1. The molecule has 0 fully saturated rings. The molecule has 0 radical (unpaired) electrons. The lowest BCUT2D eigenvalue weighted by Gasteiger charge is -2.05. The van der Waals surface area contributed by atoms with Gasteiger partial charge in [0, 0.05) is 11.7 Å². The predicted octanol–water partition coefficient (Wildman–Crippen LogP) is 2.41. The Hall–Kier alpha value is -1.49. The average Bonchev–Trinajstić information content (AvgIpc) is 2.69. The van der Waals surface area contributed by atoms with Crippen molar-refractivity contribution in [3.8, 4) is 0 Å². The van der Waals surface area contributed by atoms with Crippen LogP contribution in [0.15, 0.2) is 35.5 Å². The van der Waals surface area contributed by atoms with Crippen LogP contribution in [-0.2, 0) is 5.75 Å². The molecule has 1 aromatic carbocycles. The van der Waals surface area contributed by atoms with E-state index in [2.05, 4.69) is 36.2 Å². The maximum absolute atomic E-state index is 5.94. The van der Waals surface area contributed by atoms with Crippen molar-refractivity contribution in [1.82, 2.24) is 14.9 Å². The molecule has 1 heterocycles. The van der Waals surface area contributed by atoms with Gasteiger partial charge in [-0.2, -0.15) is 0 Å². The van der Waals surface area contributed by atoms with Gasteiger partial charge < -0.3 is 5.84 Å². The number of hydrogen-bond acceptors (Lipinski definition) is 4. The van der Waals surface area contributed by atoms with Crippen LogP contribution in [0, 0.1) is 0 Å². The summed E-state index contributed by atoms with van der Waals surface area (Å²) in [5.74, 6) is 7.90. The van der Waals surface area contributed by atoms with Crippen molar-refractivity contribution >= 4 is 11.8 Å². The molecule has 4 nitrogen and oxygen atoms in total. The number of hydrogen-bond donors (Lipinski definition) is 1. The molecule has 1 aromatic heterocycles. The molecule has 0 unspecified atom stereocenters. The van der Waals surface area contributed by atoms with E-state index < -0.39 is 0 Å². The van der Waals surface area contributed by atoms with Gasteiger partial charge in [0.25, 0.3) is 0 Å². The molecule has 0 aliphatic heterocycles. The third-order valence-corrected chi connectivity index (χ3v) is 3.43. The molecule has 2 rings (SSSR count). The van der Waals surface area contributed by atoms with Crippen LogP contribution in [0.4, 0.5) is 0 Å². The Bertz CT molecular complexity index is 479. The predicted molar refractivity (Wildman–Crippen MR) is 70.3 cm³/mol. The number of aromatic nitrogens is 3. The summed E-state index contributed by atoms with van der Waals surface area (Å²) in [6, 6.07) is 10.3. The minimum absolute atomic E-state index is 0.290. The molecule has 0 saturated heterocycles. The van der Waals surface area contributed by atoms with Crippen LogP contribution in [0.3, 0.4) is 0 Å². The van der Waals surface area contributed by atoms with Crippen molar-refractivity contribution in [2.24, 2.45) is 0 Å². The van der Waals surface area contributed by atoms with Crippen LogP contribution in [0.2, 0.25) is 0 Å². The molecular weight excluding hydrogens is 232 g/mol. The molecule has 5 heteroatoms. The zero-order valence-electron chi connectivity index (χ0n) is 10.00. The van der Waals surface area contributed by atoms with Gasteiger partial charge in [0.2, 0.25) is 5.16 Å². The van der Waals surface area contributed by atoms with E-state index in [1.807, 2.05) is 18.2 Å². The first-order chi connectivity index (χ1) is 8.18. The van der Waals surface area contributed by atoms with Crippen molar-refractivity contribution in [2.75, 3.05) is 5.84 Å². The third-order valence-electron chi connectivity index (χ3n) is 2.42. The van der Waals surface area contributed by atoms with Crippen LogP contribution in [0.1, 0.15) is 31.2 Å². The number of nitrogen functional groups attached to an aromatic ring is 1. The standard InChI is InChI=1S/C12H16N4S/c1-9(2)11-14-15-12(16(11)13)17-8-10-6-4-3-5-7-10/h3-7,9H,8,13H2,1-2H3. The summed E-state index contributed by atoms with van der Waals surface area (Å²) < 4.78 is 1.58. The zero-order chi connectivity index (χ0) is 12.3. The van der Waals surface area contributed by atoms with Crippen molar-refractivity contribution in [1.29, 1.82) is 0 Å². The van der Waals surface area contributed by atoms with Gasteiger partial charge in [0.1, 0.15) is 0 Å². The normalized spacial score (nSPS) is 11.0. The van der Waals surface area contributed by atoms with Gasteiger partial charge in [0.05, 0.1) is 0 Å². The van der Waals surface area contributed by atoms with Gasteiger partial charge in [-0.15, -0.1) is 10.2 Å². The summed E-state index contributed by atoms with van der Waals surface area (Å²) >= 11 is 1.60. The SMILES string of the molecule is CC(C)c1nnc(SCc2ccccc2)n1N. The summed E-state index contributed by atoms with van der Waals surface area (Å²) in [5.41, 5.74) is 1.26. The molecule has 90 valence electrons. The second-order valence-corrected chi connectivity index (χ2v) is 5.08. The van der Waals surface area contributed by atoms with Crippen LogP contribution in [0.25, 0.3) is 0 Å². The minimum atomic E-state index is 0.290. The van der Waals surface area contributed by atoms with E-state index in [0.29, 0.717) is 5.92 Å². The van der Waals surface area contributed by atoms with E-state index >= 15 is 0 Å². The van der Waals surface area contributed by atoms with E-state index in [9.17, 15) is 0 Å². The molecular formula is C12H16N4S. The lowest BCUT2D eigenvalue weighted by Crippen LogP contribution is -2.14. The second kappa shape index (κ2) is 5.23. The molecule has 0 amide bonds. The highest BCUT2D eigenvalue weighted by Gasteiger charge is 2.12. The van der Waals surface area contributed by atoms with Crippen molar-refractivity contribution in [3.05, 3.63) is 41.7 Å². The first-order valence-electron chi connectivity index (χ1n) is 5.55. The van der Waals surface area contributed by atoms with E-state index in [1.54, 1.807) is 16.4 Å². The van der Waals surface area contributed by atoms with Crippen molar-refractivity contribution in [3.63, 3.8) is 0 Å². The molecule has 0 bridgehead atoms. The summed E-state index contributed by atoms with van der Waals surface area (Å²) in [7, 11) is 0. The summed E-state index contributed by atoms with van der Waals surface area (Å²) in [6.45, 7) is 4.11. The molecule has 2 aromatic rings.